The quantitative estimate of drug-likeness (QED) is 0.582. The number of hydrogen-bond donors (Lipinski definition) is 3. The van der Waals surface area contributed by atoms with E-state index in [0.717, 1.165) is 38.5 Å². The number of carbonyl (C=O) groups excluding carboxylic acids is 3. The molecule has 4 rings (SSSR count). The van der Waals surface area contributed by atoms with Crippen molar-refractivity contribution in [2.45, 2.75) is 86.9 Å². The minimum atomic E-state index is -0.624. The van der Waals surface area contributed by atoms with Gasteiger partial charge >= 0.3 is 0 Å². The summed E-state index contributed by atoms with van der Waals surface area (Å²) in [7, 11) is 1.61. The van der Waals surface area contributed by atoms with Crippen LogP contribution in [0.1, 0.15) is 58.8 Å². The second-order valence-electron chi connectivity index (χ2n) is 9.75. The first kappa shape index (κ1) is 21.9. The van der Waals surface area contributed by atoms with E-state index in [4.69, 9.17) is 0 Å². The summed E-state index contributed by atoms with van der Waals surface area (Å²) < 4.78 is -0.569. The number of rotatable bonds is 6. The van der Waals surface area contributed by atoms with E-state index in [1.807, 2.05) is 13.8 Å². The zero-order chi connectivity index (χ0) is 21.6. The van der Waals surface area contributed by atoms with Gasteiger partial charge in [-0.2, -0.15) is 0 Å². The lowest BCUT2D eigenvalue weighted by Crippen LogP contribution is -2.59. The highest BCUT2D eigenvalue weighted by Gasteiger charge is 2.74. The van der Waals surface area contributed by atoms with Gasteiger partial charge in [0.2, 0.25) is 17.7 Å². The van der Waals surface area contributed by atoms with Crippen LogP contribution in [0, 0.1) is 17.8 Å². The van der Waals surface area contributed by atoms with Crippen LogP contribution in [0.2, 0.25) is 0 Å². The Labute approximate surface area is 183 Å². The molecule has 4 aliphatic rings. The van der Waals surface area contributed by atoms with Gasteiger partial charge in [0, 0.05) is 18.3 Å². The van der Waals surface area contributed by atoms with Gasteiger partial charge in [0.1, 0.15) is 6.04 Å². The molecular weight excluding hydrogens is 402 g/mol. The number of hydrogen-bond acceptors (Lipinski definition) is 5. The first-order chi connectivity index (χ1) is 14.4. The molecule has 8 heteroatoms. The fraction of sp³-hybridized carbons (Fsp3) is 0.864. The summed E-state index contributed by atoms with van der Waals surface area (Å²) in [5.41, 5.74) is 0. The maximum absolute atomic E-state index is 13.8. The zero-order valence-electron chi connectivity index (χ0n) is 18.2. The zero-order valence-corrected chi connectivity index (χ0v) is 19.0. The minimum absolute atomic E-state index is 0.0137. The van der Waals surface area contributed by atoms with Gasteiger partial charge < -0.3 is 20.6 Å². The van der Waals surface area contributed by atoms with Gasteiger partial charge in [-0.05, 0) is 31.6 Å². The van der Waals surface area contributed by atoms with Crippen LogP contribution in [-0.2, 0) is 14.4 Å². The van der Waals surface area contributed by atoms with Gasteiger partial charge in [0.15, 0.2) is 0 Å². The first-order valence-corrected chi connectivity index (χ1v) is 12.4. The molecule has 0 aromatic heterocycles. The maximum Gasteiger partial charge on any atom is 0.244 e. The SMILES string of the molecule is CNC(=O)[C@@H]1[C@H]2C(=O)N([C@@H](CO)C(C)C)C(C(=O)NC3CCCCC3)C23CC[C@H]1S3. The molecule has 4 fully saturated rings. The molecule has 3 heterocycles. The van der Waals surface area contributed by atoms with Gasteiger partial charge in [-0.15, -0.1) is 11.8 Å². The van der Waals surface area contributed by atoms with Crippen molar-refractivity contribution in [2.75, 3.05) is 13.7 Å². The second kappa shape index (κ2) is 8.34. The van der Waals surface area contributed by atoms with E-state index in [-0.39, 0.29) is 41.5 Å². The highest BCUT2D eigenvalue weighted by molar-refractivity contribution is 8.02. The van der Waals surface area contributed by atoms with Gasteiger partial charge in [0.25, 0.3) is 0 Å². The Bertz CT molecular complexity index is 710. The van der Waals surface area contributed by atoms with E-state index in [0.29, 0.717) is 0 Å². The summed E-state index contributed by atoms with van der Waals surface area (Å²) in [6, 6.07) is -0.894. The molecule has 3 N–H and O–H groups in total. The first-order valence-electron chi connectivity index (χ1n) is 11.5. The molecule has 1 spiro atoms. The monoisotopic (exact) mass is 437 g/mol. The summed E-state index contributed by atoms with van der Waals surface area (Å²) in [4.78, 5) is 41.8. The van der Waals surface area contributed by atoms with Crippen LogP contribution >= 0.6 is 11.8 Å². The fourth-order valence-electron chi connectivity index (χ4n) is 6.36. The van der Waals surface area contributed by atoms with Crippen molar-refractivity contribution in [2.24, 2.45) is 17.8 Å². The molecule has 3 aliphatic heterocycles. The Morgan fingerprint density at radius 1 is 1.20 bits per heavy atom. The number of fused-ring (bicyclic) bond motifs is 1. The van der Waals surface area contributed by atoms with Crippen LogP contribution in [0.3, 0.4) is 0 Å². The molecule has 168 valence electrons. The third kappa shape index (κ3) is 3.25. The van der Waals surface area contributed by atoms with Crippen LogP contribution in [0.15, 0.2) is 0 Å². The lowest BCUT2D eigenvalue weighted by molar-refractivity contribution is -0.143. The van der Waals surface area contributed by atoms with Crippen molar-refractivity contribution in [3.8, 4) is 0 Å². The molecule has 7 nitrogen and oxygen atoms in total. The standard InChI is InChI=1S/C22H35N3O4S/c1-12(2)14(11-26)25-18(20(28)24-13-7-5-4-6-8-13)22-10-9-15(30-22)16(19(27)23-3)17(22)21(25)29/h12-18,26H,4-11H2,1-3H3,(H,23,27)(H,24,28)/t14-,15+,16-,17-,18?,22?/m0/s1. The van der Waals surface area contributed by atoms with E-state index in [1.54, 1.807) is 23.7 Å². The molecule has 0 radical (unpaired) electrons. The van der Waals surface area contributed by atoms with Crippen LogP contribution < -0.4 is 10.6 Å². The largest absolute Gasteiger partial charge is 0.394 e. The van der Waals surface area contributed by atoms with Crippen LogP contribution in [0.4, 0.5) is 0 Å². The number of carbonyl (C=O) groups is 3. The van der Waals surface area contributed by atoms with Gasteiger partial charge in [-0.25, -0.2) is 0 Å². The van der Waals surface area contributed by atoms with E-state index >= 15 is 0 Å². The van der Waals surface area contributed by atoms with Gasteiger partial charge in [-0.1, -0.05) is 33.1 Å². The van der Waals surface area contributed by atoms with Crippen molar-refractivity contribution in [1.29, 1.82) is 0 Å². The molecule has 3 saturated heterocycles. The predicted octanol–water partition coefficient (Wildman–Crippen LogP) is 1.29. The van der Waals surface area contributed by atoms with Crippen molar-refractivity contribution in [3.05, 3.63) is 0 Å². The molecule has 2 unspecified atom stereocenters. The summed E-state index contributed by atoms with van der Waals surface area (Å²) in [6.45, 7) is 3.76. The molecule has 3 amide bonds. The molecule has 2 bridgehead atoms. The maximum atomic E-state index is 13.8. The Hall–Kier alpha value is -1.28. The fourth-order valence-corrected chi connectivity index (χ4v) is 8.57. The average Bonchev–Trinajstić information content (AvgIpc) is 3.36. The van der Waals surface area contributed by atoms with E-state index in [1.165, 1.54) is 6.42 Å². The molecular formula is C22H35N3O4S. The topological polar surface area (TPSA) is 98.7 Å². The molecule has 0 aromatic rings. The third-order valence-electron chi connectivity index (χ3n) is 7.80. The number of aliphatic hydroxyl groups is 1. The lowest BCUT2D eigenvalue weighted by Gasteiger charge is -2.39. The van der Waals surface area contributed by atoms with E-state index < -0.39 is 28.7 Å². The normalized spacial score (nSPS) is 36.8. The Morgan fingerprint density at radius 3 is 2.50 bits per heavy atom. The Balaban J connectivity index is 1.71. The van der Waals surface area contributed by atoms with Crippen LogP contribution in [0.25, 0.3) is 0 Å². The summed E-state index contributed by atoms with van der Waals surface area (Å²) in [5.74, 6) is -1.21. The number of nitrogens with one attached hydrogen (secondary N) is 2. The number of likely N-dealkylation sites (tertiary alicyclic amines) is 1. The Kier molecular flexibility index (Phi) is 6.10. The van der Waals surface area contributed by atoms with Crippen molar-refractivity contribution in [3.63, 3.8) is 0 Å². The second-order valence-corrected chi connectivity index (χ2v) is 11.4. The number of amides is 3. The predicted molar refractivity (Wildman–Crippen MR) is 116 cm³/mol. The summed E-state index contributed by atoms with van der Waals surface area (Å²) in [6.07, 6.45) is 7.01. The van der Waals surface area contributed by atoms with E-state index in [9.17, 15) is 19.5 Å². The molecule has 0 aromatic carbocycles. The van der Waals surface area contributed by atoms with E-state index in [2.05, 4.69) is 10.6 Å². The molecule has 1 saturated carbocycles. The number of nitrogens with zero attached hydrogens (tertiary/aromatic N) is 1. The minimum Gasteiger partial charge on any atom is -0.394 e. The highest BCUT2D eigenvalue weighted by Crippen LogP contribution is 2.66. The lowest BCUT2D eigenvalue weighted by atomic mass is 9.70. The summed E-state index contributed by atoms with van der Waals surface area (Å²) >= 11 is 1.68. The van der Waals surface area contributed by atoms with Crippen LogP contribution in [-0.4, -0.2) is 69.5 Å². The average molecular weight is 438 g/mol. The van der Waals surface area contributed by atoms with Gasteiger partial charge in [-0.3, -0.25) is 14.4 Å². The van der Waals surface area contributed by atoms with Crippen molar-refractivity contribution < 1.29 is 19.5 Å². The van der Waals surface area contributed by atoms with Crippen molar-refractivity contribution >= 4 is 29.5 Å². The molecule has 1 aliphatic carbocycles. The van der Waals surface area contributed by atoms with Crippen molar-refractivity contribution in [1.82, 2.24) is 15.5 Å². The smallest absolute Gasteiger partial charge is 0.244 e. The number of aliphatic hydroxyl groups excluding tert-OH is 1. The Morgan fingerprint density at radius 2 is 1.90 bits per heavy atom. The third-order valence-corrected chi connectivity index (χ3v) is 9.75. The molecule has 30 heavy (non-hydrogen) atoms. The van der Waals surface area contributed by atoms with Crippen LogP contribution in [0.5, 0.6) is 0 Å². The summed E-state index contributed by atoms with van der Waals surface area (Å²) in [5, 5.41) is 16.2. The van der Waals surface area contributed by atoms with Gasteiger partial charge in [0.05, 0.1) is 29.2 Å². The number of thioether (sulfide) groups is 1. The highest BCUT2D eigenvalue weighted by atomic mass is 32.2. The molecule has 6 atom stereocenters.